The van der Waals surface area contributed by atoms with Gasteiger partial charge >= 0.3 is 6.18 Å². The van der Waals surface area contributed by atoms with Crippen molar-refractivity contribution in [1.82, 2.24) is 0 Å². The Bertz CT molecular complexity index is 376. The molecule has 1 aromatic carbocycles. The van der Waals surface area contributed by atoms with Gasteiger partial charge in [0.15, 0.2) is 0 Å². The average Bonchev–Trinajstić information content (AvgIpc) is 2.81. The highest BCUT2D eigenvalue weighted by Gasteiger charge is 2.61. The largest absolute Gasteiger partial charge is 0.424 e. The number of aliphatic hydroxyl groups is 1. The van der Waals surface area contributed by atoms with Crippen LogP contribution >= 0.6 is 11.8 Å². The Morgan fingerprint density at radius 1 is 1.24 bits per heavy atom. The van der Waals surface area contributed by atoms with E-state index in [1.165, 1.54) is 36.0 Å². The predicted octanol–water partition coefficient (Wildman–Crippen LogP) is 2.53. The molecule has 0 aromatic heterocycles. The van der Waals surface area contributed by atoms with Crippen LogP contribution in [-0.4, -0.2) is 29.1 Å². The number of ether oxygens (including phenoxy) is 1. The molecule has 94 valence electrons. The molecule has 1 aliphatic heterocycles. The summed E-state index contributed by atoms with van der Waals surface area (Å²) in [4.78, 5) is 0. The summed E-state index contributed by atoms with van der Waals surface area (Å²) in [6.45, 7) is 0. The van der Waals surface area contributed by atoms with E-state index in [0.29, 0.717) is 0 Å². The Hall–Kier alpha value is -0.720. The van der Waals surface area contributed by atoms with Gasteiger partial charge in [0.05, 0.1) is 5.94 Å². The highest BCUT2D eigenvalue weighted by molar-refractivity contribution is 7.99. The molecule has 6 heteroatoms. The molecule has 17 heavy (non-hydrogen) atoms. The topological polar surface area (TPSA) is 29.5 Å². The van der Waals surface area contributed by atoms with Crippen molar-refractivity contribution in [2.24, 2.45) is 0 Å². The van der Waals surface area contributed by atoms with E-state index in [1.54, 1.807) is 6.07 Å². The van der Waals surface area contributed by atoms with Crippen molar-refractivity contribution in [2.45, 2.75) is 17.9 Å². The van der Waals surface area contributed by atoms with Gasteiger partial charge in [0.25, 0.3) is 0 Å². The molecule has 0 saturated carbocycles. The van der Waals surface area contributed by atoms with Crippen LogP contribution < -0.4 is 0 Å². The van der Waals surface area contributed by atoms with Crippen LogP contribution in [0.1, 0.15) is 5.56 Å². The first-order chi connectivity index (χ1) is 7.96. The zero-order chi connectivity index (χ0) is 12.5. The number of benzene rings is 1. The molecule has 2 unspecified atom stereocenters. The van der Waals surface area contributed by atoms with Gasteiger partial charge in [-0.15, -0.1) is 11.8 Å². The molecule has 0 bridgehead atoms. The fourth-order valence-electron chi connectivity index (χ4n) is 1.80. The summed E-state index contributed by atoms with van der Waals surface area (Å²) >= 11 is 1.24. The first-order valence-electron chi connectivity index (χ1n) is 5.00. The molecule has 0 radical (unpaired) electrons. The number of hydrogen-bond acceptors (Lipinski definition) is 3. The second-order valence-electron chi connectivity index (χ2n) is 3.77. The zero-order valence-electron chi connectivity index (χ0n) is 8.78. The number of thioether (sulfide) groups is 1. The highest BCUT2D eigenvalue weighted by atomic mass is 32.2. The van der Waals surface area contributed by atoms with Crippen LogP contribution in [0.3, 0.4) is 0 Å². The van der Waals surface area contributed by atoms with Crippen molar-refractivity contribution in [3.8, 4) is 0 Å². The molecule has 0 aliphatic carbocycles. The maximum atomic E-state index is 13.1. The standard InChI is InChI=1S/C11H11F3O2S/c12-11(13,14)10(15,9-6-17-7-16-9)8-4-2-1-3-5-8/h1-5,9,15H,6-7H2. The van der Waals surface area contributed by atoms with E-state index in [9.17, 15) is 18.3 Å². The van der Waals surface area contributed by atoms with E-state index in [1.807, 2.05) is 0 Å². The molecular weight excluding hydrogens is 253 g/mol. The van der Waals surface area contributed by atoms with Crippen molar-refractivity contribution in [2.75, 3.05) is 11.7 Å². The van der Waals surface area contributed by atoms with Crippen LogP contribution in [0.4, 0.5) is 13.2 Å². The molecule has 1 saturated heterocycles. The lowest BCUT2D eigenvalue weighted by atomic mass is 9.88. The summed E-state index contributed by atoms with van der Waals surface area (Å²) in [5.41, 5.74) is -3.11. The average molecular weight is 264 g/mol. The van der Waals surface area contributed by atoms with Crippen LogP contribution in [0, 0.1) is 0 Å². The molecular formula is C11H11F3O2S. The fraction of sp³-hybridized carbons (Fsp3) is 0.455. The molecule has 2 nitrogen and oxygen atoms in total. The van der Waals surface area contributed by atoms with Gasteiger partial charge in [-0.3, -0.25) is 0 Å². The number of hydrogen-bond donors (Lipinski definition) is 1. The van der Waals surface area contributed by atoms with Gasteiger partial charge in [-0.25, -0.2) is 0 Å². The van der Waals surface area contributed by atoms with Crippen LogP contribution in [0.15, 0.2) is 30.3 Å². The summed E-state index contributed by atoms with van der Waals surface area (Å²) in [6.07, 6.45) is -6.01. The number of rotatable bonds is 2. The molecule has 1 fully saturated rings. The number of halogens is 3. The van der Waals surface area contributed by atoms with Crippen LogP contribution in [-0.2, 0) is 10.3 Å². The summed E-state index contributed by atoms with van der Waals surface area (Å²) in [6, 6.07) is 7.06. The molecule has 0 spiro atoms. The van der Waals surface area contributed by atoms with Gasteiger partial charge in [0.1, 0.15) is 6.10 Å². The second-order valence-corrected chi connectivity index (χ2v) is 4.75. The maximum Gasteiger partial charge on any atom is 0.424 e. The Morgan fingerprint density at radius 2 is 1.88 bits per heavy atom. The monoisotopic (exact) mass is 264 g/mol. The zero-order valence-corrected chi connectivity index (χ0v) is 9.59. The van der Waals surface area contributed by atoms with E-state index < -0.39 is 17.9 Å². The lowest BCUT2D eigenvalue weighted by Gasteiger charge is -2.35. The summed E-state index contributed by atoms with van der Waals surface area (Å²) in [5, 5.41) is 10.1. The Balaban J connectivity index is 2.44. The fourth-order valence-corrected chi connectivity index (χ4v) is 2.71. The van der Waals surface area contributed by atoms with Crippen molar-refractivity contribution < 1.29 is 23.0 Å². The molecule has 1 aliphatic rings. The minimum atomic E-state index is -4.76. The third kappa shape index (κ3) is 2.17. The van der Waals surface area contributed by atoms with Gasteiger partial charge in [-0.1, -0.05) is 30.3 Å². The third-order valence-corrected chi connectivity index (χ3v) is 3.58. The second kappa shape index (κ2) is 4.51. The highest BCUT2D eigenvalue weighted by Crippen LogP contribution is 2.45. The Labute approximate surface area is 101 Å². The molecule has 1 heterocycles. The van der Waals surface area contributed by atoms with Crippen molar-refractivity contribution in [1.29, 1.82) is 0 Å². The maximum absolute atomic E-state index is 13.1. The minimum absolute atomic E-state index is 0.130. The summed E-state index contributed by atoms with van der Waals surface area (Å²) < 4.78 is 44.3. The van der Waals surface area contributed by atoms with Crippen LogP contribution in [0.25, 0.3) is 0 Å². The summed E-state index contributed by atoms with van der Waals surface area (Å²) in [5.74, 6) is 0.306. The van der Waals surface area contributed by atoms with Gasteiger partial charge in [-0.2, -0.15) is 13.2 Å². The first-order valence-corrected chi connectivity index (χ1v) is 6.15. The van der Waals surface area contributed by atoms with E-state index in [4.69, 9.17) is 4.74 Å². The molecule has 1 N–H and O–H groups in total. The number of alkyl halides is 3. The lowest BCUT2D eigenvalue weighted by Crippen LogP contribution is -2.52. The molecule has 1 aromatic rings. The van der Waals surface area contributed by atoms with Crippen molar-refractivity contribution >= 4 is 11.8 Å². The van der Waals surface area contributed by atoms with Gasteiger partial charge in [0.2, 0.25) is 5.60 Å². The predicted molar refractivity (Wildman–Crippen MR) is 58.6 cm³/mol. The molecule has 2 atom stereocenters. The quantitative estimate of drug-likeness (QED) is 0.890. The third-order valence-electron chi connectivity index (χ3n) is 2.73. The molecule has 2 rings (SSSR count). The van der Waals surface area contributed by atoms with E-state index in [-0.39, 0.29) is 17.3 Å². The van der Waals surface area contributed by atoms with Gasteiger partial charge in [-0.05, 0) is 5.56 Å². The SMILES string of the molecule is OC(c1ccccc1)(C1CSCO1)C(F)(F)F. The van der Waals surface area contributed by atoms with Crippen LogP contribution in [0.2, 0.25) is 0 Å². The van der Waals surface area contributed by atoms with Gasteiger partial charge < -0.3 is 9.84 Å². The van der Waals surface area contributed by atoms with Crippen LogP contribution in [0.5, 0.6) is 0 Å². The Kier molecular flexibility index (Phi) is 3.38. The smallest absolute Gasteiger partial charge is 0.374 e. The molecule has 0 amide bonds. The van der Waals surface area contributed by atoms with Crippen molar-refractivity contribution in [3.63, 3.8) is 0 Å². The van der Waals surface area contributed by atoms with E-state index in [0.717, 1.165) is 0 Å². The normalized spacial score (nSPS) is 24.6. The van der Waals surface area contributed by atoms with Gasteiger partial charge in [0, 0.05) is 5.75 Å². The van der Waals surface area contributed by atoms with E-state index >= 15 is 0 Å². The van der Waals surface area contributed by atoms with E-state index in [2.05, 4.69) is 0 Å². The lowest BCUT2D eigenvalue weighted by molar-refractivity contribution is -0.296. The van der Waals surface area contributed by atoms with Crippen molar-refractivity contribution in [3.05, 3.63) is 35.9 Å². The Morgan fingerprint density at radius 3 is 2.35 bits per heavy atom. The first kappa shape index (κ1) is 12.7. The minimum Gasteiger partial charge on any atom is -0.374 e. The summed E-state index contributed by atoms with van der Waals surface area (Å²) in [7, 11) is 0.